The van der Waals surface area contributed by atoms with Gasteiger partial charge in [0.25, 0.3) is 11.8 Å². The Morgan fingerprint density at radius 3 is 2.92 bits per heavy atom. The molecule has 1 saturated heterocycles. The summed E-state index contributed by atoms with van der Waals surface area (Å²) >= 11 is 0. The highest BCUT2D eigenvalue weighted by Gasteiger charge is 2.24. The second-order valence-corrected chi connectivity index (χ2v) is 6.24. The van der Waals surface area contributed by atoms with Crippen molar-refractivity contribution in [2.45, 2.75) is 0 Å². The number of carbonyl (C=O) groups excluding carboxylic acids is 2. The van der Waals surface area contributed by atoms with Crippen molar-refractivity contribution in [3.63, 3.8) is 0 Å². The van der Waals surface area contributed by atoms with Crippen molar-refractivity contribution in [3.8, 4) is 5.75 Å². The number of amides is 2. The lowest BCUT2D eigenvalue weighted by Crippen LogP contribution is -2.38. The number of rotatable bonds is 6. The number of ether oxygens (including phenoxy) is 2. The van der Waals surface area contributed by atoms with E-state index in [0.717, 1.165) is 6.54 Å². The summed E-state index contributed by atoms with van der Waals surface area (Å²) in [6.45, 7) is 3.07. The lowest BCUT2D eigenvalue weighted by atomic mass is 10.1. The van der Waals surface area contributed by atoms with Crippen LogP contribution < -0.4 is 10.5 Å². The number of nitrogens with zero attached hydrogens (tertiary/aromatic N) is 2. The van der Waals surface area contributed by atoms with Crippen molar-refractivity contribution in [2.75, 3.05) is 53.6 Å². The van der Waals surface area contributed by atoms with E-state index in [1.807, 2.05) is 19.0 Å². The molecular weight excluding hydrogens is 310 g/mol. The Bertz CT molecular complexity index is 577. The van der Waals surface area contributed by atoms with Crippen LogP contribution in [0.25, 0.3) is 0 Å². The molecule has 132 valence electrons. The first-order valence-corrected chi connectivity index (χ1v) is 7.98. The first kappa shape index (κ1) is 18.2. The molecule has 0 aromatic heterocycles. The predicted molar refractivity (Wildman–Crippen MR) is 89.9 cm³/mol. The van der Waals surface area contributed by atoms with Crippen LogP contribution in [0.2, 0.25) is 0 Å². The van der Waals surface area contributed by atoms with E-state index in [9.17, 15) is 9.59 Å². The minimum absolute atomic E-state index is 0.0613. The predicted octanol–water partition coefficient (Wildman–Crippen LogP) is 0.201. The summed E-state index contributed by atoms with van der Waals surface area (Å²) < 4.78 is 10.9. The van der Waals surface area contributed by atoms with E-state index in [2.05, 4.69) is 4.90 Å². The van der Waals surface area contributed by atoms with Crippen LogP contribution in [0.3, 0.4) is 0 Å². The summed E-state index contributed by atoms with van der Waals surface area (Å²) in [6.07, 6.45) is 0. The van der Waals surface area contributed by atoms with Crippen LogP contribution >= 0.6 is 0 Å². The van der Waals surface area contributed by atoms with Gasteiger partial charge in [0, 0.05) is 31.1 Å². The van der Waals surface area contributed by atoms with Crippen molar-refractivity contribution in [3.05, 3.63) is 29.8 Å². The van der Waals surface area contributed by atoms with E-state index < -0.39 is 5.91 Å². The third-order valence-electron chi connectivity index (χ3n) is 3.71. The number of hydrogen-bond donors (Lipinski definition) is 1. The Morgan fingerprint density at radius 2 is 2.21 bits per heavy atom. The fraction of sp³-hybridized carbons (Fsp3) is 0.529. The summed E-state index contributed by atoms with van der Waals surface area (Å²) in [6, 6.07) is 6.80. The van der Waals surface area contributed by atoms with Crippen LogP contribution in [0.1, 0.15) is 10.4 Å². The molecule has 0 unspecified atom stereocenters. The molecule has 0 saturated carbocycles. The minimum Gasteiger partial charge on any atom is -0.484 e. The molecule has 1 aliphatic rings. The molecular formula is C17H25N3O4. The fourth-order valence-electron chi connectivity index (χ4n) is 2.75. The van der Waals surface area contributed by atoms with Crippen molar-refractivity contribution >= 4 is 11.8 Å². The van der Waals surface area contributed by atoms with Gasteiger partial charge in [0.05, 0.1) is 13.2 Å². The zero-order valence-corrected chi connectivity index (χ0v) is 14.2. The lowest BCUT2D eigenvalue weighted by molar-refractivity contribution is -0.119. The quantitative estimate of drug-likeness (QED) is 0.803. The Morgan fingerprint density at radius 1 is 1.42 bits per heavy atom. The van der Waals surface area contributed by atoms with E-state index >= 15 is 0 Å². The highest BCUT2D eigenvalue weighted by Crippen LogP contribution is 2.17. The first-order valence-electron chi connectivity index (χ1n) is 7.98. The third-order valence-corrected chi connectivity index (χ3v) is 3.71. The van der Waals surface area contributed by atoms with Crippen LogP contribution in [-0.2, 0) is 9.53 Å². The Hall–Kier alpha value is -2.12. The van der Waals surface area contributed by atoms with Gasteiger partial charge in [0.15, 0.2) is 6.61 Å². The van der Waals surface area contributed by atoms with Gasteiger partial charge in [-0.3, -0.25) is 9.59 Å². The molecule has 7 nitrogen and oxygen atoms in total. The van der Waals surface area contributed by atoms with E-state index in [4.69, 9.17) is 15.2 Å². The highest BCUT2D eigenvalue weighted by molar-refractivity contribution is 5.94. The smallest absolute Gasteiger partial charge is 0.255 e. The summed E-state index contributed by atoms with van der Waals surface area (Å²) in [5.41, 5.74) is 5.60. The van der Waals surface area contributed by atoms with Crippen molar-refractivity contribution in [2.24, 2.45) is 11.7 Å². The van der Waals surface area contributed by atoms with Crippen molar-refractivity contribution in [1.29, 1.82) is 0 Å². The molecule has 1 aromatic rings. The monoisotopic (exact) mass is 335 g/mol. The zero-order chi connectivity index (χ0) is 17.5. The summed E-state index contributed by atoms with van der Waals surface area (Å²) in [5, 5.41) is 0. The van der Waals surface area contributed by atoms with Gasteiger partial charge in [-0.15, -0.1) is 0 Å². The van der Waals surface area contributed by atoms with Gasteiger partial charge in [0.2, 0.25) is 0 Å². The van der Waals surface area contributed by atoms with Gasteiger partial charge >= 0.3 is 0 Å². The Balaban J connectivity index is 2.06. The minimum atomic E-state index is -0.553. The normalized spacial score (nSPS) is 18.3. The standard InChI is InChI=1S/C17H25N3O4/c1-19(2)9-13-10-20(6-7-23-11-13)17(22)14-4-3-5-15(8-14)24-12-16(18)21/h3-5,8,13H,6-7,9-12H2,1-2H3,(H2,18,21)/t13-/m1/s1. The maximum absolute atomic E-state index is 12.8. The highest BCUT2D eigenvalue weighted by atomic mass is 16.5. The number of carbonyl (C=O) groups is 2. The van der Waals surface area contributed by atoms with Crippen LogP contribution in [-0.4, -0.2) is 75.2 Å². The largest absolute Gasteiger partial charge is 0.484 e. The molecule has 1 heterocycles. The molecule has 0 radical (unpaired) electrons. The Kier molecular flexibility index (Phi) is 6.57. The maximum atomic E-state index is 12.8. The van der Waals surface area contributed by atoms with E-state index in [1.54, 1.807) is 24.3 Å². The lowest BCUT2D eigenvalue weighted by Gasteiger charge is -2.25. The molecule has 2 rings (SSSR count). The molecule has 0 bridgehead atoms. The average molecular weight is 335 g/mol. The van der Waals surface area contributed by atoms with Gasteiger partial charge in [-0.05, 0) is 32.3 Å². The molecule has 2 amide bonds. The molecule has 1 atom stereocenters. The van der Waals surface area contributed by atoms with Crippen LogP contribution in [0.5, 0.6) is 5.75 Å². The SMILES string of the molecule is CN(C)C[C@H]1COCCN(C(=O)c2cccc(OCC(N)=O)c2)C1. The van der Waals surface area contributed by atoms with E-state index in [-0.39, 0.29) is 18.4 Å². The molecule has 1 aromatic carbocycles. The first-order chi connectivity index (χ1) is 11.5. The van der Waals surface area contributed by atoms with Gasteiger partial charge < -0.3 is 25.0 Å². The van der Waals surface area contributed by atoms with Gasteiger partial charge in [-0.25, -0.2) is 0 Å². The van der Waals surface area contributed by atoms with Crippen molar-refractivity contribution < 1.29 is 19.1 Å². The van der Waals surface area contributed by atoms with Gasteiger partial charge in [-0.2, -0.15) is 0 Å². The zero-order valence-electron chi connectivity index (χ0n) is 14.2. The van der Waals surface area contributed by atoms with Gasteiger partial charge in [0.1, 0.15) is 5.75 Å². The Labute approximate surface area is 142 Å². The van der Waals surface area contributed by atoms with Crippen LogP contribution in [0.4, 0.5) is 0 Å². The second-order valence-electron chi connectivity index (χ2n) is 6.24. The summed E-state index contributed by atoms with van der Waals surface area (Å²) in [4.78, 5) is 27.5. The number of benzene rings is 1. The number of primary amides is 1. The molecule has 0 aliphatic carbocycles. The summed E-state index contributed by atoms with van der Waals surface area (Å²) in [5.74, 6) is 0.119. The van der Waals surface area contributed by atoms with Crippen LogP contribution in [0, 0.1) is 5.92 Å². The van der Waals surface area contributed by atoms with E-state index in [1.165, 1.54) is 0 Å². The molecule has 1 aliphatic heterocycles. The average Bonchev–Trinajstić information content (AvgIpc) is 2.77. The van der Waals surface area contributed by atoms with Crippen LogP contribution in [0.15, 0.2) is 24.3 Å². The molecule has 2 N–H and O–H groups in total. The molecule has 7 heteroatoms. The molecule has 1 fully saturated rings. The summed E-state index contributed by atoms with van der Waals surface area (Å²) in [7, 11) is 4.02. The maximum Gasteiger partial charge on any atom is 0.255 e. The van der Waals surface area contributed by atoms with E-state index in [0.29, 0.717) is 37.6 Å². The second kappa shape index (κ2) is 8.65. The fourth-order valence-corrected chi connectivity index (χ4v) is 2.75. The third kappa shape index (κ3) is 5.50. The number of nitrogens with two attached hydrogens (primary N) is 1. The van der Waals surface area contributed by atoms with Gasteiger partial charge in [-0.1, -0.05) is 6.07 Å². The molecule has 24 heavy (non-hydrogen) atoms. The van der Waals surface area contributed by atoms with Crippen molar-refractivity contribution in [1.82, 2.24) is 9.80 Å². The molecule has 0 spiro atoms. The topological polar surface area (TPSA) is 85.1 Å². The number of hydrogen-bond acceptors (Lipinski definition) is 5.